The van der Waals surface area contributed by atoms with E-state index in [1.54, 1.807) is 6.07 Å². The molecule has 0 saturated carbocycles. The highest BCUT2D eigenvalue weighted by Crippen LogP contribution is 2.24. The Morgan fingerprint density at radius 2 is 1.86 bits per heavy atom. The van der Waals surface area contributed by atoms with Crippen LogP contribution in [0.15, 0.2) is 36.5 Å². The highest BCUT2D eigenvalue weighted by Gasteiger charge is 2.07. The maximum atomic E-state index is 13.8. The number of halogens is 1. The number of phenols is 1. The van der Waals surface area contributed by atoms with Gasteiger partial charge in [-0.05, 0) is 36.6 Å². The first-order valence-electron chi connectivity index (χ1n) is 7.64. The summed E-state index contributed by atoms with van der Waals surface area (Å²) in [5.74, 6) is -0.519. The minimum absolute atomic E-state index is 0.0695. The van der Waals surface area contributed by atoms with Crippen molar-refractivity contribution in [2.75, 3.05) is 0 Å². The number of phenolic OH excluding ortho intramolecular Hbond substituents is 1. The van der Waals surface area contributed by atoms with Crippen LogP contribution in [0.5, 0.6) is 5.75 Å². The number of unbranched alkanes of at least 4 members (excludes halogenated alkanes) is 4. The molecule has 1 N–H and O–H groups in total. The van der Waals surface area contributed by atoms with Crippen molar-refractivity contribution in [3.8, 4) is 17.0 Å². The smallest absolute Gasteiger partial charge is 0.136 e. The fourth-order valence-electron chi connectivity index (χ4n) is 2.38. The molecule has 0 amide bonds. The summed E-state index contributed by atoms with van der Waals surface area (Å²) in [4.78, 5) is 4.33. The van der Waals surface area contributed by atoms with Gasteiger partial charge >= 0.3 is 0 Å². The summed E-state index contributed by atoms with van der Waals surface area (Å²) in [5, 5.41) is 9.23. The fourth-order valence-corrected chi connectivity index (χ4v) is 2.38. The molecule has 0 radical (unpaired) electrons. The lowest BCUT2D eigenvalue weighted by atomic mass is 10.1. The summed E-state index contributed by atoms with van der Waals surface area (Å²) in [7, 11) is 0. The highest BCUT2D eigenvalue weighted by atomic mass is 19.1. The summed E-state index contributed by atoms with van der Waals surface area (Å²) >= 11 is 0. The number of rotatable bonds is 7. The average molecular weight is 287 g/mol. The van der Waals surface area contributed by atoms with Gasteiger partial charge in [-0.2, -0.15) is 0 Å². The van der Waals surface area contributed by atoms with E-state index in [9.17, 15) is 9.50 Å². The molecule has 3 heteroatoms. The zero-order valence-corrected chi connectivity index (χ0v) is 12.5. The van der Waals surface area contributed by atoms with Gasteiger partial charge in [0.05, 0.1) is 5.69 Å². The third-order valence-corrected chi connectivity index (χ3v) is 3.62. The molecule has 0 aliphatic rings. The van der Waals surface area contributed by atoms with Gasteiger partial charge in [0.25, 0.3) is 0 Å². The Morgan fingerprint density at radius 1 is 1.05 bits per heavy atom. The van der Waals surface area contributed by atoms with E-state index in [1.807, 2.05) is 18.3 Å². The zero-order valence-electron chi connectivity index (χ0n) is 12.5. The van der Waals surface area contributed by atoms with E-state index in [0.29, 0.717) is 11.3 Å². The van der Waals surface area contributed by atoms with E-state index in [4.69, 9.17) is 0 Å². The molecule has 21 heavy (non-hydrogen) atoms. The Labute approximate surface area is 125 Å². The third kappa shape index (κ3) is 4.55. The molecule has 0 unspecified atom stereocenters. The highest BCUT2D eigenvalue weighted by molar-refractivity contribution is 5.60. The summed E-state index contributed by atoms with van der Waals surface area (Å²) < 4.78 is 13.8. The van der Waals surface area contributed by atoms with Gasteiger partial charge in [-0.1, -0.05) is 38.7 Å². The number of hydrogen-bond donors (Lipinski definition) is 1. The first kappa shape index (κ1) is 15.5. The molecule has 0 aliphatic heterocycles. The van der Waals surface area contributed by atoms with Crippen molar-refractivity contribution < 1.29 is 9.50 Å². The standard InChI is InChI=1S/C18H22FNO/c1-2-3-4-5-6-7-14-8-11-18(20-13-14)16-10-9-15(21)12-17(16)19/h8-13,21H,2-7H2,1H3. The molecule has 0 atom stereocenters. The number of hydrogen-bond acceptors (Lipinski definition) is 2. The quantitative estimate of drug-likeness (QED) is 0.718. The van der Waals surface area contributed by atoms with Gasteiger partial charge in [0.15, 0.2) is 0 Å². The molecule has 1 heterocycles. The van der Waals surface area contributed by atoms with Gasteiger partial charge in [0.2, 0.25) is 0 Å². The molecular formula is C18H22FNO. The zero-order chi connectivity index (χ0) is 15.1. The number of pyridine rings is 1. The first-order valence-corrected chi connectivity index (χ1v) is 7.64. The average Bonchev–Trinajstić information content (AvgIpc) is 2.48. The van der Waals surface area contributed by atoms with E-state index in [1.165, 1.54) is 43.7 Å². The van der Waals surface area contributed by atoms with Gasteiger partial charge in [0, 0.05) is 17.8 Å². The summed E-state index contributed by atoms with van der Waals surface area (Å²) in [5.41, 5.74) is 2.21. The van der Waals surface area contributed by atoms with Crippen LogP contribution in [0.4, 0.5) is 4.39 Å². The number of aryl methyl sites for hydroxylation is 1. The van der Waals surface area contributed by atoms with Crippen LogP contribution in [0.1, 0.15) is 44.6 Å². The van der Waals surface area contributed by atoms with Gasteiger partial charge in [-0.15, -0.1) is 0 Å². The molecule has 0 aliphatic carbocycles. The van der Waals surface area contributed by atoms with E-state index < -0.39 is 5.82 Å². The largest absolute Gasteiger partial charge is 0.508 e. The number of aromatic hydroxyl groups is 1. The Bertz CT molecular complexity index is 566. The van der Waals surface area contributed by atoms with Crippen molar-refractivity contribution in [2.45, 2.75) is 45.4 Å². The monoisotopic (exact) mass is 287 g/mol. The van der Waals surface area contributed by atoms with Crippen LogP contribution in [-0.2, 0) is 6.42 Å². The first-order chi connectivity index (χ1) is 10.2. The van der Waals surface area contributed by atoms with Crippen LogP contribution >= 0.6 is 0 Å². The minimum Gasteiger partial charge on any atom is -0.508 e. The van der Waals surface area contributed by atoms with Crippen molar-refractivity contribution in [3.05, 3.63) is 47.9 Å². The maximum Gasteiger partial charge on any atom is 0.136 e. The number of aromatic nitrogens is 1. The molecule has 0 bridgehead atoms. The summed E-state index contributed by atoms with van der Waals surface area (Å²) in [6.45, 7) is 2.21. The van der Waals surface area contributed by atoms with Crippen LogP contribution in [0.25, 0.3) is 11.3 Å². The normalized spacial score (nSPS) is 10.8. The lowest BCUT2D eigenvalue weighted by molar-refractivity contribution is 0.469. The van der Waals surface area contributed by atoms with E-state index in [2.05, 4.69) is 11.9 Å². The van der Waals surface area contributed by atoms with Crippen molar-refractivity contribution in [1.82, 2.24) is 4.98 Å². The topological polar surface area (TPSA) is 33.1 Å². The van der Waals surface area contributed by atoms with Gasteiger partial charge in [-0.25, -0.2) is 4.39 Å². The molecule has 0 spiro atoms. The van der Waals surface area contributed by atoms with E-state index in [-0.39, 0.29) is 5.75 Å². The predicted molar refractivity (Wildman–Crippen MR) is 83.8 cm³/mol. The van der Waals surface area contributed by atoms with Gasteiger partial charge in [0.1, 0.15) is 11.6 Å². The SMILES string of the molecule is CCCCCCCc1ccc(-c2ccc(O)cc2F)nc1. The molecule has 2 nitrogen and oxygen atoms in total. The van der Waals surface area contributed by atoms with Crippen molar-refractivity contribution >= 4 is 0 Å². The second-order valence-corrected chi connectivity index (χ2v) is 5.38. The Hall–Kier alpha value is -1.90. The van der Waals surface area contributed by atoms with Crippen LogP contribution < -0.4 is 0 Å². The fraction of sp³-hybridized carbons (Fsp3) is 0.389. The Kier molecular flexibility index (Phi) is 5.73. The Balaban J connectivity index is 1.95. The van der Waals surface area contributed by atoms with Crippen molar-refractivity contribution in [3.63, 3.8) is 0 Å². The number of nitrogens with zero attached hydrogens (tertiary/aromatic N) is 1. The third-order valence-electron chi connectivity index (χ3n) is 3.62. The minimum atomic E-state index is -0.449. The molecule has 2 aromatic rings. The lowest BCUT2D eigenvalue weighted by Crippen LogP contribution is -1.91. The Morgan fingerprint density at radius 3 is 2.52 bits per heavy atom. The van der Waals surface area contributed by atoms with Crippen LogP contribution in [0, 0.1) is 5.82 Å². The molecule has 1 aromatic heterocycles. The molecule has 112 valence electrons. The predicted octanol–water partition coefficient (Wildman–Crippen LogP) is 5.11. The van der Waals surface area contributed by atoms with Crippen molar-refractivity contribution in [1.29, 1.82) is 0 Å². The van der Waals surface area contributed by atoms with Crippen LogP contribution in [0.2, 0.25) is 0 Å². The molecule has 2 rings (SSSR count). The molecule has 1 aromatic carbocycles. The summed E-state index contributed by atoms with van der Waals surface area (Å²) in [6.07, 6.45) is 9.12. The number of benzene rings is 1. The molecular weight excluding hydrogens is 265 g/mol. The molecule has 0 saturated heterocycles. The maximum absolute atomic E-state index is 13.8. The van der Waals surface area contributed by atoms with Crippen LogP contribution in [-0.4, -0.2) is 10.1 Å². The second-order valence-electron chi connectivity index (χ2n) is 5.38. The second kappa shape index (κ2) is 7.77. The lowest BCUT2D eigenvalue weighted by Gasteiger charge is -2.05. The van der Waals surface area contributed by atoms with Crippen molar-refractivity contribution in [2.24, 2.45) is 0 Å². The van der Waals surface area contributed by atoms with E-state index in [0.717, 1.165) is 12.5 Å². The van der Waals surface area contributed by atoms with Gasteiger partial charge < -0.3 is 5.11 Å². The van der Waals surface area contributed by atoms with Gasteiger partial charge in [-0.3, -0.25) is 4.98 Å². The summed E-state index contributed by atoms with van der Waals surface area (Å²) in [6, 6.07) is 7.99. The molecule has 0 fully saturated rings. The van der Waals surface area contributed by atoms with Crippen LogP contribution in [0.3, 0.4) is 0 Å². The van der Waals surface area contributed by atoms with E-state index >= 15 is 0 Å².